The minimum Gasteiger partial charge on any atom is -0.468 e. The maximum Gasteiger partial charge on any atom is 0.344 e. The summed E-state index contributed by atoms with van der Waals surface area (Å²) in [5.74, 6) is -0.535. The van der Waals surface area contributed by atoms with Crippen molar-refractivity contribution < 1.29 is 23.6 Å². The van der Waals surface area contributed by atoms with Gasteiger partial charge in [-0.05, 0) is 43.2 Å². The summed E-state index contributed by atoms with van der Waals surface area (Å²) in [6, 6.07) is 9.92. The van der Waals surface area contributed by atoms with E-state index in [1.807, 2.05) is 12.1 Å². The number of urea groups is 1. The molecule has 1 fully saturated rings. The van der Waals surface area contributed by atoms with E-state index in [0.717, 1.165) is 10.6 Å². The van der Waals surface area contributed by atoms with Crippen molar-refractivity contribution in [2.75, 3.05) is 13.6 Å². The fourth-order valence-electron chi connectivity index (χ4n) is 3.34. The first-order chi connectivity index (χ1) is 15.3. The van der Waals surface area contributed by atoms with Crippen molar-refractivity contribution in [3.8, 4) is 0 Å². The van der Waals surface area contributed by atoms with E-state index >= 15 is 0 Å². The number of rotatable bonds is 9. The second-order valence-electron chi connectivity index (χ2n) is 7.79. The van der Waals surface area contributed by atoms with Crippen molar-refractivity contribution >= 4 is 23.8 Å². The van der Waals surface area contributed by atoms with Crippen LogP contribution >= 0.6 is 0 Å². The molecule has 10 heteroatoms. The number of amides is 5. The van der Waals surface area contributed by atoms with Gasteiger partial charge in [-0.3, -0.25) is 24.7 Å². The van der Waals surface area contributed by atoms with E-state index in [-0.39, 0.29) is 12.5 Å². The van der Waals surface area contributed by atoms with Crippen molar-refractivity contribution in [1.29, 1.82) is 0 Å². The van der Waals surface area contributed by atoms with Crippen LogP contribution in [-0.4, -0.2) is 52.8 Å². The summed E-state index contributed by atoms with van der Waals surface area (Å²) < 4.78 is 5.40. The van der Waals surface area contributed by atoms with Crippen LogP contribution < -0.4 is 16.1 Å². The maximum atomic E-state index is 12.7. The number of nitrogens with zero attached hydrogens (tertiary/aromatic N) is 2. The van der Waals surface area contributed by atoms with Gasteiger partial charge < -0.3 is 15.1 Å². The zero-order valence-electron chi connectivity index (χ0n) is 18.3. The summed E-state index contributed by atoms with van der Waals surface area (Å²) in [4.78, 5) is 50.9. The van der Waals surface area contributed by atoms with E-state index in [2.05, 4.69) is 16.1 Å². The predicted octanol–water partition coefficient (Wildman–Crippen LogP) is 1.39. The molecule has 170 valence electrons. The molecule has 1 aromatic heterocycles. The number of hydrogen-bond donors (Lipinski definition) is 3. The van der Waals surface area contributed by atoms with Gasteiger partial charge in [-0.2, -0.15) is 5.01 Å². The molecular formula is C22H27N5O5. The van der Waals surface area contributed by atoms with Gasteiger partial charge in [0.2, 0.25) is 0 Å². The summed E-state index contributed by atoms with van der Waals surface area (Å²) in [5.41, 5.74) is 2.78. The Morgan fingerprint density at radius 1 is 1.16 bits per heavy atom. The van der Waals surface area contributed by atoms with Crippen molar-refractivity contribution in [1.82, 2.24) is 26.0 Å². The summed E-state index contributed by atoms with van der Waals surface area (Å²) in [6.07, 6.45) is 1.95. The molecule has 0 radical (unpaired) electrons. The monoisotopic (exact) mass is 441 g/mol. The van der Waals surface area contributed by atoms with Gasteiger partial charge >= 0.3 is 6.03 Å². The molecule has 32 heavy (non-hydrogen) atoms. The first-order valence-electron chi connectivity index (χ1n) is 10.3. The second-order valence-corrected chi connectivity index (χ2v) is 7.79. The molecule has 0 spiro atoms. The van der Waals surface area contributed by atoms with Crippen LogP contribution in [-0.2, 0) is 22.7 Å². The molecule has 3 N–H and O–H groups in total. The van der Waals surface area contributed by atoms with Crippen molar-refractivity contribution in [2.24, 2.45) is 0 Å². The van der Waals surface area contributed by atoms with Gasteiger partial charge in [0.15, 0.2) is 0 Å². The van der Waals surface area contributed by atoms with E-state index in [1.165, 1.54) is 0 Å². The number of carbonyl (C=O) groups is 4. The highest BCUT2D eigenvalue weighted by molar-refractivity contribution is 6.07. The van der Waals surface area contributed by atoms with E-state index in [1.54, 1.807) is 56.3 Å². The van der Waals surface area contributed by atoms with E-state index in [4.69, 9.17) is 4.42 Å². The quantitative estimate of drug-likeness (QED) is 0.505. The molecule has 0 unspecified atom stereocenters. The summed E-state index contributed by atoms with van der Waals surface area (Å²) in [6.45, 7) is 4.03. The molecule has 2 aromatic rings. The Balaban J connectivity index is 1.69. The van der Waals surface area contributed by atoms with Gasteiger partial charge in [0, 0.05) is 19.2 Å². The van der Waals surface area contributed by atoms with Gasteiger partial charge in [-0.25, -0.2) is 4.79 Å². The number of furan rings is 1. The van der Waals surface area contributed by atoms with Crippen LogP contribution in [0.5, 0.6) is 0 Å². The topological polar surface area (TPSA) is 124 Å². The predicted molar refractivity (Wildman–Crippen MR) is 115 cm³/mol. The minimum absolute atomic E-state index is 0.0855. The Kier molecular flexibility index (Phi) is 6.94. The Labute approximate surface area is 185 Å². The first kappa shape index (κ1) is 23.0. The summed E-state index contributed by atoms with van der Waals surface area (Å²) >= 11 is 0. The lowest BCUT2D eigenvalue weighted by Gasteiger charge is -2.23. The average molecular weight is 441 g/mol. The third kappa shape index (κ3) is 5.14. The molecule has 1 saturated heterocycles. The largest absolute Gasteiger partial charge is 0.468 e. The Morgan fingerprint density at radius 2 is 1.88 bits per heavy atom. The van der Waals surface area contributed by atoms with Crippen LogP contribution in [0.2, 0.25) is 0 Å². The zero-order chi connectivity index (χ0) is 23.3. The third-order valence-corrected chi connectivity index (χ3v) is 5.38. The van der Waals surface area contributed by atoms with Crippen LogP contribution in [0.3, 0.4) is 0 Å². The molecule has 1 aromatic carbocycles. The van der Waals surface area contributed by atoms with Gasteiger partial charge in [-0.1, -0.05) is 19.1 Å². The van der Waals surface area contributed by atoms with Gasteiger partial charge in [-0.15, -0.1) is 0 Å². The van der Waals surface area contributed by atoms with Gasteiger partial charge in [0.25, 0.3) is 17.7 Å². The Morgan fingerprint density at radius 3 is 2.44 bits per heavy atom. The van der Waals surface area contributed by atoms with Crippen LogP contribution in [0.4, 0.5) is 4.79 Å². The lowest BCUT2D eigenvalue weighted by Crippen LogP contribution is -2.51. The van der Waals surface area contributed by atoms with Crippen LogP contribution in [0, 0.1) is 0 Å². The molecule has 0 bridgehead atoms. The molecule has 1 aliphatic heterocycles. The zero-order valence-corrected chi connectivity index (χ0v) is 18.3. The molecule has 3 rings (SSSR count). The second kappa shape index (κ2) is 9.65. The molecule has 0 aliphatic carbocycles. The first-order valence-corrected chi connectivity index (χ1v) is 10.3. The fraction of sp³-hybridized carbons (Fsp3) is 0.364. The van der Waals surface area contributed by atoms with Crippen LogP contribution in [0.25, 0.3) is 0 Å². The Bertz CT molecular complexity index is 989. The normalized spacial score (nSPS) is 18.1. The lowest BCUT2D eigenvalue weighted by molar-refractivity contribution is -0.139. The fourth-order valence-corrected chi connectivity index (χ4v) is 3.34. The smallest absolute Gasteiger partial charge is 0.344 e. The molecule has 1 atom stereocenters. The molecule has 0 saturated carbocycles. The van der Waals surface area contributed by atoms with Crippen molar-refractivity contribution in [2.45, 2.75) is 38.9 Å². The van der Waals surface area contributed by atoms with Crippen molar-refractivity contribution in [3.63, 3.8) is 0 Å². The number of nitrogens with one attached hydrogen (secondary N) is 3. The number of hydrogen-bond acceptors (Lipinski definition) is 6. The Hall–Kier alpha value is -3.66. The number of carbonyl (C=O) groups excluding carboxylic acids is 4. The SMILES string of the molecule is CC[C@@]1(C)NC(=O)N(NC(=O)CN(Cc2ccc(C(=O)NC)cc2)Cc2ccco2)C1=O. The van der Waals surface area contributed by atoms with E-state index < -0.39 is 23.4 Å². The van der Waals surface area contributed by atoms with Crippen LogP contribution in [0.15, 0.2) is 47.1 Å². The van der Waals surface area contributed by atoms with E-state index in [9.17, 15) is 19.2 Å². The maximum absolute atomic E-state index is 12.7. The third-order valence-electron chi connectivity index (χ3n) is 5.38. The summed E-state index contributed by atoms with van der Waals surface area (Å²) in [5, 5.41) is 5.90. The molecule has 10 nitrogen and oxygen atoms in total. The highest BCUT2D eigenvalue weighted by atomic mass is 16.3. The summed E-state index contributed by atoms with van der Waals surface area (Å²) in [7, 11) is 1.56. The van der Waals surface area contributed by atoms with Gasteiger partial charge in [0.05, 0.1) is 19.4 Å². The lowest BCUT2D eigenvalue weighted by atomic mass is 10.00. The molecule has 2 heterocycles. The standard InChI is InChI=1S/C22H27N5O5/c1-4-22(2)20(30)27(21(31)24-22)25-18(28)14-26(13-17-6-5-11-32-17)12-15-7-9-16(10-8-15)19(29)23-3/h5-11H,4,12-14H2,1-3H3,(H,23,29)(H,24,31)(H,25,28)/t22-/m1/s1. The molecule has 1 aliphatic rings. The van der Waals surface area contributed by atoms with Crippen LogP contribution in [0.1, 0.15) is 41.9 Å². The minimum atomic E-state index is -1.04. The van der Waals surface area contributed by atoms with E-state index in [0.29, 0.717) is 30.8 Å². The molecular weight excluding hydrogens is 414 g/mol. The van der Waals surface area contributed by atoms with Crippen molar-refractivity contribution in [3.05, 3.63) is 59.5 Å². The number of benzene rings is 1. The number of hydrazine groups is 1. The highest BCUT2D eigenvalue weighted by Crippen LogP contribution is 2.19. The van der Waals surface area contributed by atoms with Gasteiger partial charge in [0.1, 0.15) is 11.3 Å². The highest BCUT2D eigenvalue weighted by Gasteiger charge is 2.47. The average Bonchev–Trinajstić information content (AvgIpc) is 3.36. The number of imide groups is 1. The molecule has 5 amide bonds.